The van der Waals surface area contributed by atoms with Crippen LogP contribution in [0.25, 0.3) is 0 Å². The molecule has 0 unspecified atom stereocenters. The lowest BCUT2D eigenvalue weighted by molar-refractivity contribution is -0.384. The van der Waals surface area contributed by atoms with Gasteiger partial charge in [-0.1, -0.05) is 37.8 Å². The topological polar surface area (TPSA) is 55.2 Å². The van der Waals surface area contributed by atoms with Crippen LogP contribution >= 0.6 is 0 Å². The van der Waals surface area contributed by atoms with Crippen LogP contribution in [-0.2, 0) is 6.54 Å². The molecule has 4 nitrogen and oxygen atoms in total. The maximum Gasteiger partial charge on any atom is 0.269 e. The van der Waals surface area contributed by atoms with Gasteiger partial charge < -0.3 is 5.32 Å². The van der Waals surface area contributed by atoms with E-state index in [2.05, 4.69) is 5.32 Å². The summed E-state index contributed by atoms with van der Waals surface area (Å²) < 4.78 is 0. The lowest BCUT2D eigenvalue weighted by Gasteiger charge is -2.09. The van der Waals surface area contributed by atoms with Crippen LogP contribution in [0.2, 0.25) is 0 Å². The average Bonchev–Trinajstić information content (AvgIpc) is 2.88. The molecule has 4 heteroatoms. The molecule has 1 saturated carbocycles. The second-order valence-electron chi connectivity index (χ2n) is 5.04. The second-order valence-corrected chi connectivity index (χ2v) is 5.04. The number of nitrogens with one attached hydrogen (secondary N) is 1. The fourth-order valence-corrected chi connectivity index (χ4v) is 2.57. The van der Waals surface area contributed by atoms with Crippen molar-refractivity contribution in [3.63, 3.8) is 0 Å². The zero-order chi connectivity index (χ0) is 12.8. The Morgan fingerprint density at radius 3 is 2.50 bits per heavy atom. The van der Waals surface area contributed by atoms with Gasteiger partial charge in [-0.2, -0.15) is 0 Å². The van der Waals surface area contributed by atoms with Crippen LogP contribution in [0.1, 0.15) is 37.7 Å². The first-order chi connectivity index (χ1) is 8.75. The van der Waals surface area contributed by atoms with Gasteiger partial charge in [0.2, 0.25) is 0 Å². The molecule has 18 heavy (non-hydrogen) atoms. The summed E-state index contributed by atoms with van der Waals surface area (Å²) in [6, 6.07) is 6.77. The molecule has 0 amide bonds. The molecule has 1 N–H and O–H groups in total. The van der Waals surface area contributed by atoms with E-state index in [1.165, 1.54) is 32.1 Å². The molecule has 2 rings (SSSR count). The van der Waals surface area contributed by atoms with Crippen LogP contribution < -0.4 is 5.32 Å². The average molecular weight is 248 g/mol. The van der Waals surface area contributed by atoms with Gasteiger partial charge in [0.05, 0.1) is 4.92 Å². The van der Waals surface area contributed by atoms with E-state index >= 15 is 0 Å². The molecule has 1 aromatic rings. The van der Waals surface area contributed by atoms with Gasteiger partial charge in [0.25, 0.3) is 5.69 Å². The molecular weight excluding hydrogens is 228 g/mol. The van der Waals surface area contributed by atoms with Crippen molar-refractivity contribution in [2.24, 2.45) is 5.92 Å². The van der Waals surface area contributed by atoms with E-state index in [9.17, 15) is 10.1 Å². The van der Waals surface area contributed by atoms with Crippen molar-refractivity contribution in [3.8, 4) is 0 Å². The van der Waals surface area contributed by atoms with Crippen molar-refractivity contribution >= 4 is 5.69 Å². The smallest absolute Gasteiger partial charge is 0.269 e. The van der Waals surface area contributed by atoms with Gasteiger partial charge >= 0.3 is 0 Å². The standard InChI is InChI=1S/C14H20N2O2/c17-16(18)14-7-5-13(6-8-14)11-15-10-9-12-3-1-2-4-12/h5-8,12,15H,1-4,9-11H2. The quantitative estimate of drug-likeness (QED) is 0.477. The van der Waals surface area contributed by atoms with Crippen LogP contribution in [-0.4, -0.2) is 11.5 Å². The molecule has 0 radical (unpaired) electrons. The maximum atomic E-state index is 10.5. The Kier molecular flexibility index (Phi) is 4.70. The number of non-ortho nitro benzene ring substituents is 1. The molecule has 0 heterocycles. The molecule has 0 atom stereocenters. The minimum absolute atomic E-state index is 0.157. The summed E-state index contributed by atoms with van der Waals surface area (Å²) in [6.07, 6.45) is 6.82. The Bertz CT molecular complexity index is 383. The van der Waals surface area contributed by atoms with E-state index < -0.39 is 0 Å². The first-order valence-electron chi connectivity index (χ1n) is 6.70. The summed E-state index contributed by atoms with van der Waals surface area (Å²) in [6.45, 7) is 1.84. The number of nitrogens with zero attached hydrogens (tertiary/aromatic N) is 1. The Morgan fingerprint density at radius 2 is 1.89 bits per heavy atom. The second kappa shape index (κ2) is 6.50. The van der Waals surface area contributed by atoms with Gasteiger partial charge in [0, 0.05) is 18.7 Å². The van der Waals surface area contributed by atoms with Crippen molar-refractivity contribution in [2.75, 3.05) is 6.54 Å². The molecule has 1 aliphatic carbocycles. The van der Waals surface area contributed by atoms with Gasteiger partial charge in [-0.3, -0.25) is 10.1 Å². The summed E-state index contributed by atoms with van der Waals surface area (Å²) in [7, 11) is 0. The summed E-state index contributed by atoms with van der Waals surface area (Å²) >= 11 is 0. The van der Waals surface area contributed by atoms with Crippen LogP contribution in [0.4, 0.5) is 5.69 Å². The molecule has 1 fully saturated rings. The Morgan fingerprint density at radius 1 is 1.22 bits per heavy atom. The summed E-state index contributed by atoms with van der Waals surface area (Å²) in [5.41, 5.74) is 1.26. The number of nitro benzene ring substituents is 1. The number of benzene rings is 1. The fourth-order valence-electron chi connectivity index (χ4n) is 2.57. The van der Waals surface area contributed by atoms with Gasteiger partial charge in [-0.05, 0) is 24.4 Å². The highest BCUT2D eigenvalue weighted by Crippen LogP contribution is 2.26. The van der Waals surface area contributed by atoms with Crippen LogP contribution in [0.3, 0.4) is 0 Å². The van der Waals surface area contributed by atoms with E-state index in [1.54, 1.807) is 12.1 Å². The first kappa shape index (κ1) is 13.0. The predicted molar refractivity (Wildman–Crippen MR) is 71.4 cm³/mol. The first-order valence-corrected chi connectivity index (χ1v) is 6.70. The molecule has 0 aliphatic heterocycles. The maximum absolute atomic E-state index is 10.5. The molecule has 98 valence electrons. The Labute approximate surface area is 108 Å². The minimum atomic E-state index is -0.364. The number of hydrogen-bond acceptors (Lipinski definition) is 3. The Hall–Kier alpha value is -1.42. The number of nitro groups is 1. The highest BCUT2D eigenvalue weighted by Gasteiger charge is 2.13. The highest BCUT2D eigenvalue weighted by atomic mass is 16.6. The molecular formula is C14H20N2O2. The largest absolute Gasteiger partial charge is 0.313 e. The molecule has 0 bridgehead atoms. The molecule has 0 saturated heterocycles. The lowest BCUT2D eigenvalue weighted by Crippen LogP contribution is -2.16. The summed E-state index contributed by atoms with van der Waals surface area (Å²) in [5.74, 6) is 0.911. The molecule has 1 aromatic carbocycles. The summed E-state index contributed by atoms with van der Waals surface area (Å²) in [4.78, 5) is 10.1. The molecule has 0 aromatic heterocycles. The van der Waals surface area contributed by atoms with Gasteiger partial charge in [0.1, 0.15) is 0 Å². The van der Waals surface area contributed by atoms with E-state index in [0.29, 0.717) is 0 Å². The zero-order valence-corrected chi connectivity index (χ0v) is 10.6. The van der Waals surface area contributed by atoms with Gasteiger partial charge in [0.15, 0.2) is 0 Å². The third kappa shape index (κ3) is 3.81. The van der Waals surface area contributed by atoms with Gasteiger partial charge in [-0.15, -0.1) is 0 Å². The van der Waals surface area contributed by atoms with Crippen molar-refractivity contribution < 1.29 is 4.92 Å². The SMILES string of the molecule is O=[N+]([O-])c1ccc(CNCCC2CCCC2)cc1. The third-order valence-electron chi connectivity index (χ3n) is 3.68. The fraction of sp³-hybridized carbons (Fsp3) is 0.571. The highest BCUT2D eigenvalue weighted by molar-refractivity contribution is 5.32. The van der Waals surface area contributed by atoms with Gasteiger partial charge in [-0.25, -0.2) is 0 Å². The predicted octanol–water partition coefficient (Wildman–Crippen LogP) is 3.26. The van der Waals surface area contributed by atoms with Crippen molar-refractivity contribution in [3.05, 3.63) is 39.9 Å². The van der Waals surface area contributed by atoms with E-state index in [4.69, 9.17) is 0 Å². The zero-order valence-electron chi connectivity index (χ0n) is 10.6. The van der Waals surface area contributed by atoms with E-state index in [-0.39, 0.29) is 10.6 Å². The monoisotopic (exact) mass is 248 g/mol. The third-order valence-corrected chi connectivity index (χ3v) is 3.68. The number of hydrogen-bond donors (Lipinski definition) is 1. The van der Waals surface area contributed by atoms with Crippen molar-refractivity contribution in [2.45, 2.75) is 38.6 Å². The normalized spacial score (nSPS) is 16.0. The Balaban J connectivity index is 1.68. The summed E-state index contributed by atoms with van der Waals surface area (Å²) in [5, 5.41) is 13.9. The molecule has 1 aliphatic rings. The molecule has 0 spiro atoms. The van der Waals surface area contributed by atoms with E-state index in [1.807, 2.05) is 12.1 Å². The van der Waals surface area contributed by atoms with Crippen LogP contribution in [0, 0.1) is 16.0 Å². The van der Waals surface area contributed by atoms with Crippen molar-refractivity contribution in [1.82, 2.24) is 5.32 Å². The van der Waals surface area contributed by atoms with Crippen molar-refractivity contribution in [1.29, 1.82) is 0 Å². The van der Waals surface area contributed by atoms with Crippen LogP contribution in [0.5, 0.6) is 0 Å². The van der Waals surface area contributed by atoms with Crippen LogP contribution in [0.15, 0.2) is 24.3 Å². The lowest BCUT2D eigenvalue weighted by atomic mass is 10.0. The van der Waals surface area contributed by atoms with E-state index in [0.717, 1.165) is 24.6 Å². The minimum Gasteiger partial charge on any atom is -0.313 e. The number of rotatable bonds is 6.